The van der Waals surface area contributed by atoms with E-state index in [4.69, 9.17) is 0 Å². The van der Waals surface area contributed by atoms with E-state index < -0.39 is 0 Å². The zero-order valence-electron chi connectivity index (χ0n) is 12.3. The van der Waals surface area contributed by atoms with Crippen molar-refractivity contribution in [3.8, 4) is 0 Å². The molecule has 0 saturated heterocycles. The van der Waals surface area contributed by atoms with Gasteiger partial charge in [0.25, 0.3) is 0 Å². The number of likely N-dealkylation sites (N-methyl/N-ethyl adjacent to an activating group) is 1. The topological polar surface area (TPSA) is 18.5 Å². The lowest BCUT2D eigenvalue weighted by Crippen LogP contribution is -2.31. The van der Waals surface area contributed by atoms with Crippen LogP contribution < -0.4 is 5.32 Å². The molecule has 0 aliphatic carbocycles. The molecule has 0 bridgehead atoms. The maximum Gasteiger partial charge on any atom is 0.0351 e. The first-order valence-electron chi connectivity index (χ1n) is 6.98. The molecule has 0 unspecified atom stereocenters. The van der Waals surface area contributed by atoms with Gasteiger partial charge in [-0.2, -0.15) is 0 Å². The quantitative estimate of drug-likeness (QED) is 0.751. The van der Waals surface area contributed by atoms with Gasteiger partial charge < -0.3 is 15.1 Å². The third-order valence-corrected chi connectivity index (χ3v) is 3.60. The Morgan fingerprint density at radius 2 is 1.95 bits per heavy atom. The van der Waals surface area contributed by atoms with Gasteiger partial charge in [0.05, 0.1) is 0 Å². The lowest BCUT2D eigenvalue weighted by atomic mass is 10.3. The van der Waals surface area contributed by atoms with Crippen LogP contribution in [0.15, 0.2) is 28.7 Å². The summed E-state index contributed by atoms with van der Waals surface area (Å²) in [5.74, 6) is 0. The van der Waals surface area contributed by atoms with Gasteiger partial charge in [-0.3, -0.25) is 0 Å². The molecule has 19 heavy (non-hydrogen) atoms. The smallest absolute Gasteiger partial charge is 0.0351 e. The van der Waals surface area contributed by atoms with Crippen LogP contribution in [-0.2, 0) is 0 Å². The second kappa shape index (κ2) is 9.34. The lowest BCUT2D eigenvalue weighted by molar-refractivity contribution is 0.275. The standard InChI is InChI=1S/C15H26BrN3/c1-4-19(11-6-10-18(2)3)12-9-17-15-8-5-7-14(16)13-15/h5,7-8,13,17H,4,6,9-12H2,1-3H3. The van der Waals surface area contributed by atoms with Crippen LogP contribution in [0.25, 0.3) is 0 Å². The van der Waals surface area contributed by atoms with Crippen LogP contribution in [0.3, 0.4) is 0 Å². The summed E-state index contributed by atoms with van der Waals surface area (Å²) in [5.41, 5.74) is 1.18. The Kier molecular flexibility index (Phi) is 8.10. The van der Waals surface area contributed by atoms with Gasteiger partial charge in [-0.05, 0) is 58.3 Å². The second-order valence-electron chi connectivity index (χ2n) is 5.03. The van der Waals surface area contributed by atoms with Crippen LogP contribution in [0, 0.1) is 0 Å². The molecular formula is C15H26BrN3. The van der Waals surface area contributed by atoms with E-state index in [1.165, 1.54) is 18.7 Å². The normalized spacial score (nSPS) is 11.3. The van der Waals surface area contributed by atoms with E-state index in [9.17, 15) is 0 Å². The molecule has 3 nitrogen and oxygen atoms in total. The molecule has 0 aliphatic heterocycles. The summed E-state index contributed by atoms with van der Waals surface area (Å²) in [5, 5.41) is 3.47. The molecule has 4 heteroatoms. The van der Waals surface area contributed by atoms with Crippen LogP contribution in [0.2, 0.25) is 0 Å². The minimum absolute atomic E-state index is 0.992. The van der Waals surface area contributed by atoms with Crippen molar-refractivity contribution in [1.29, 1.82) is 0 Å². The number of rotatable bonds is 9. The summed E-state index contributed by atoms with van der Waals surface area (Å²) < 4.78 is 1.12. The summed E-state index contributed by atoms with van der Waals surface area (Å²) in [6.45, 7) is 7.77. The number of anilines is 1. The molecule has 1 aromatic carbocycles. The highest BCUT2D eigenvalue weighted by Gasteiger charge is 2.02. The van der Waals surface area contributed by atoms with Crippen LogP contribution in [-0.4, -0.2) is 56.6 Å². The van der Waals surface area contributed by atoms with E-state index in [0.29, 0.717) is 0 Å². The summed E-state index contributed by atoms with van der Waals surface area (Å²) in [6, 6.07) is 8.32. The fraction of sp³-hybridized carbons (Fsp3) is 0.600. The second-order valence-corrected chi connectivity index (χ2v) is 5.94. The van der Waals surface area contributed by atoms with Crippen molar-refractivity contribution < 1.29 is 0 Å². The van der Waals surface area contributed by atoms with E-state index in [2.05, 4.69) is 70.3 Å². The fourth-order valence-electron chi connectivity index (χ4n) is 2.00. The Morgan fingerprint density at radius 3 is 2.58 bits per heavy atom. The molecule has 0 heterocycles. The summed E-state index contributed by atoms with van der Waals surface area (Å²) >= 11 is 3.49. The molecule has 1 N–H and O–H groups in total. The monoisotopic (exact) mass is 327 g/mol. The number of benzene rings is 1. The van der Waals surface area contributed by atoms with Crippen LogP contribution in [0.5, 0.6) is 0 Å². The average Bonchev–Trinajstić information content (AvgIpc) is 2.36. The van der Waals surface area contributed by atoms with Crippen LogP contribution >= 0.6 is 15.9 Å². The van der Waals surface area contributed by atoms with E-state index >= 15 is 0 Å². The zero-order chi connectivity index (χ0) is 14.1. The van der Waals surface area contributed by atoms with Crippen molar-refractivity contribution >= 4 is 21.6 Å². The van der Waals surface area contributed by atoms with E-state index in [-0.39, 0.29) is 0 Å². The molecule has 0 spiro atoms. The van der Waals surface area contributed by atoms with Crippen molar-refractivity contribution in [2.24, 2.45) is 0 Å². The van der Waals surface area contributed by atoms with Crippen molar-refractivity contribution in [2.75, 3.05) is 52.1 Å². The third-order valence-electron chi connectivity index (χ3n) is 3.11. The van der Waals surface area contributed by atoms with Gasteiger partial charge in [0.1, 0.15) is 0 Å². The zero-order valence-corrected chi connectivity index (χ0v) is 13.9. The Morgan fingerprint density at radius 1 is 1.16 bits per heavy atom. The van der Waals surface area contributed by atoms with Crippen molar-refractivity contribution in [3.63, 3.8) is 0 Å². The molecule has 1 aromatic rings. The molecular weight excluding hydrogens is 302 g/mol. The number of hydrogen-bond donors (Lipinski definition) is 1. The van der Waals surface area contributed by atoms with Gasteiger partial charge in [-0.1, -0.05) is 28.9 Å². The number of hydrogen-bond acceptors (Lipinski definition) is 3. The van der Waals surface area contributed by atoms with Gasteiger partial charge in [0.15, 0.2) is 0 Å². The van der Waals surface area contributed by atoms with Crippen molar-refractivity contribution in [3.05, 3.63) is 28.7 Å². The highest BCUT2D eigenvalue weighted by molar-refractivity contribution is 9.10. The first-order valence-corrected chi connectivity index (χ1v) is 7.77. The van der Waals surface area contributed by atoms with Gasteiger partial charge in [0.2, 0.25) is 0 Å². The maximum atomic E-state index is 3.49. The van der Waals surface area contributed by atoms with E-state index in [1.807, 2.05) is 6.07 Å². The van der Waals surface area contributed by atoms with E-state index in [1.54, 1.807) is 0 Å². The molecule has 108 valence electrons. The Hall–Kier alpha value is -0.580. The molecule has 0 atom stereocenters. The number of nitrogens with zero attached hydrogens (tertiary/aromatic N) is 2. The van der Waals surface area contributed by atoms with Crippen LogP contribution in [0.4, 0.5) is 5.69 Å². The molecule has 0 amide bonds. The van der Waals surface area contributed by atoms with E-state index in [0.717, 1.165) is 30.7 Å². The van der Waals surface area contributed by atoms with Crippen molar-refractivity contribution in [1.82, 2.24) is 9.80 Å². The largest absolute Gasteiger partial charge is 0.384 e. The molecule has 1 rings (SSSR count). The molecule has 0 saturated carbocycles. The third kappa shape index (κ3) is 7.55. The number of halogens is 1. The van der Waals surface area contributed by atoms with Gasteiger partial charge in [-0.25, -0.2) is 0 Å². The highest BCUT2D eigenvalue weighted by Crippen LogP contribution is 2.15. The summed E-state index contributed by atoms with van der Waals surface area (Å²) in [4.78, 5) is 4.74. The lowest BCUT2D eigenvalue weighted by Gasteiger charge is -2.21. The molecule has 0 fully saturated rings. The summed E-state index contributed by atoms with van der Waals surface area (Å²) in [6.07, 6.45) is 1.23. The summed E-state index contributed by atoms with van der Waals surface area (Å²) in [7, 11) is 4.26. The first-order chi connectivity index (χ1) is 9.11. The van der Waals surface area contributed by atoms with Crippen LogP contribution in [0.1, 0.15) is 13.3 Å². The predicted octanol–water partition coefficient (Wildman–Crippen LogP) is 3.13. The minimum Gasteiger partial charge on any atom is -0.384 e. The molecule has 0 aromatic heterocycles. The molecule has 0 radical (unpaired) electrons. The number of nitrogens with one attached hydrogen (secondary N) is 1. The van der Waals surface area contributed by atoms with Gasteiger partial charge >= 0.3 is 0 Å². The van der Waals surface area contributed by atoms with Gasteiger partial charge in [0, 0.05) is 23.2 Å². The van der Waals surface area contributed by atoms with Crippen molar-refractivity contribution in [2.45, 2.75) is 13.3 Å². The molecule has 0 aliphatic rings. The minimum atomic E-state index is 0.992. The predicted molar refractivity (Wildman–Crippen MR) is 87.9 cm³/mol. The highest BCUT2D eigenvalue weighted by atomic mass is 79.9. The Labute approximate surface area is 126 Å². The SMILES string of the molecule is CCN(CCCN(C)C)CCNc1cccc(Br)c1. The first kappa shape index (κ1) is 16.5. The Balaban J connectivity index is 2.22. The Bertz CT molecular complexity index is 355. The fourth-order valence-corrected chi connectivity index (χ4v) is 2.39. The average molecular weight is 328 g/mol. The van der Waals surface area contributed by atoms with Gasteiger partial charge in [-0.15, -0.1) is 0 Å². The maximum absolute atomic E-state index is 3.49.